The highest BCUT2D eigenvalue weighted by Gasteiger charge is 2.24. The first-order valence-electron chi connectivity index (χ1n) is 12.3. The molecule has 0 spiro atoms. The Hall–Kier alpha value is -3.49. The maximum atomic E-state index is 12.3. The van der Waals surface area contributed by atoms with E-state index in [1.807, 2.05) is 0 Å². The number of esters is 1. The molecular weight excluding hydrogens is 460 g/mol. The molecule has 0 aliphatic heterocycles. The third-order valence-corrected chi connectivity index (χ3v) is 6.89. The molecule has 8 heteroatoms. The summed E-state index contributed by atoms with van der Waals surface area (Å²) in [6, 6.07) is 9.61. The monoisotopic (exact) mass is 492 g/mol. The van der Waals surface area contributed by atoms with Crippen LogP contribution in [0.25, 0.3) is 10.9 Å². The lowest BCUT2D eigenvalue weighted by Crippen LogP contribution is -2.33. The van der Waals surface area contributed by atoms with Gasteiger partial charge in [0.15, 0.2) is 5.75 Å². The Kier molecular flexibility index (Phi) is 7.56. The van der Waals surface area contributed by atoms with Gasteiger partial charge in [-0.25, -0.2) is 0 Å². The first kappa shape index (κ1) is 25.6. The number of hydrogen-bond donors (Lipinski definition) is 4. The van der Waals surface area contributed by atoms with Crippen LogP contribution in [0.1, 0.15) is 59.8 Å². The molecule has 1 aliphatic rings. The average molecular weight is 493 g/mol. The van der Waals surface area contributed by atoms with Gasteiger partial charge in [0, 0.05) is 23.5 Å². The largest absolute Gasteiger partial charge is 0.481 e. The predicted octanol–water partition coefficient (Wildman–Crippen LogP) is 3.13. The minimum Gasteiger partial charge on any atom is -0.481 e. The van der Waals surface area contributed by atoms with Gasteiger partial charge in [0.25, 0.3) is 5.56 Å². The molecule has 8 nitrogen and oxygen atoms in total. The van der Waals surface area contributed by atoms with Gasteiger partial charge in [0.2, 0.25) is 0 Å². The summed E-state index contributed by atoms with van der Waals surface area (Å²) in [5.41, 5.74) is 6.44. The van der Waals surface area contributed by atoms with Gasteiger partial charge < -0.3 is 25.3 Å². The van der Waals surface area contributed by atoms with E-state index in [2.05, 4.69) is 36.3 Å². The van der Waals surface area contributed by atoms with Gasteiger partial charge in [-0.05, 0) is 72.6 Å². The predicted molar refractivity (Wildman–Crippen MR) is 137 cm³/mol. The number of aromatic nitrogens is 1. The van der Waals surface area contributed by atoms with Crippen molar-refractivity contribution in [3.05, 3.63) is 74.1 Å². The van der Waals surface area contributed by atoms with Crippen molar-refractivity contribution in [2.75, 3.05) is 6.54 Å². The van der Waals surface area contributed by atoms with Crippen LogP contribution >= 0.6 is 0 Å². The number of aromatic amines is 1. The molecule has 0 saturated carbocycles. The van der Waals surface area contributed by atoms with E-state index >= 15 is 0 Å². The molecule has 0 amide bonds. The number of nitrogens with one attached hydrogen (secondary N) is 2. The van der Waals surface area contributed by atoms with Gasteiger partial charge in [-0.2, -0.15) is 0 Å². The third-order valence-electron chi connectivity index (χ3n) is 6.89. The van der Waals surface area contributed by atoms with Crippen LogP contribution in [0.2, 0.25) is 0 Å². The fourth-order valence-electron chi connectivity index (χ4n) is 5.02. The van der Waals surface area contributed by atoms with Crippen LogP contribution in [0.4, 0.5) is 0 Å². The smallest absolute Gasteiger partial charge is 0.322 e. The Morgan fingerprint density at radius 3 is 2.33 bits per heavy atom. The second-order valence-electron chi connectivity index (χ2n) is 9.39. The molecule has 1 heterocycles. The van der Waals surface area contributed by atoms with E-state index in [1.54, 1.807) is 19.1 Å². The van der Waals surface area contributed by atoms with Crippen molar-refractivity contribution in [2.24, 2.45) is 0 Å². The van der Waals surface area contributed by atoms with E-state index in [1.165, 1.54) is 28.3 Å². The maximum Gasteiger partial charge on any atom is 0.322 e. The summed E-state index contributed by atoms with van der Waals surface area (Å²) in [6.07, 6.45) is 2.18. The number of H-pyrrole nitrogens is 1. The van der Waals surface area contributed by atoms with E-state index in [0.29, 0.717) is 23.1 Å². The number of aliphatic carboxylic acids is 1. The Bertz CT molecular complexity index is 1340. The molecule has 0 bridgehead atoms. The zero-order valence-electron chi connectivity index (χ0n) is 20.8. The van der Waals surface area contributed by atoms with Gasteiger partial charge >= 0.3 is 11.9 Å². The molecular formula is C28H32N2O6. The molecule has 1 aliphatic carbocycles. The number of carbonyl (C=O) groups excluding carboxylic acids is 1. The first-order valence-corrected chi connectivity index (χ1v) is 12.3. The number of ether oxygens (including phenoxy) is 1. The minimum atomic E-state index is -1.31. The summed E-state index contributed by atoms with van der Waals surface area (Å²) in [5, 5.41) is 23.9. The van der Waals surface area contributed by atoms with Gasteiger partial charge in [-0.15, -0.1) is 0 Å². The summed E-state index contributed by atoms with van der Waals surface area (Å²) in [6.45, 7) is 6.32. The molecule has 2 aromatic carbocycles. The van der Waals surface area contributed by atoms with Crippen molar-refractivity contribution in [2.45, 2.75) is 65.0 Å². The normalized spacial score (nSPS) is 14.1. The molecule has 1 atom stereocenters. The highest BCUT2D eigenvalue weighted by molar-refractivity contribution is 5.94. The number of fused-ring (bicyclic) bond motifs is 2. The number of carboxylic acid groups (broad SMARTS) is 1. The number of rotatable bonds is 9. The second kappa shape index (κ2) is 10.6. The van der Waals surface area contributed by atoms with Crippen molar-refractivity contribution < 1.29 is 24.5 Å². The second-order valence-corrected chi connectivity index (χ2v) is 9.39. The topological polar surface area (TPSA) is 129 Å². The summed E-state index contributed by atoms with van der Waals surface area (Å²) >= 11 is 0. The number of hydrogen-bond acceptors (Lipinski definition) is 6. The number of benzene rings is 2. The van der Waals surface area contributed by atoms with Gasteiger partial charge in [0.05, 0.1) is 11.6 Å². The van der Waals surface area contributed by atoms with Crippen LogP contribution in [0.3, 0.4) is 0 Å². The molecule has 1 aromatic heterocycles. The number of aliphatic hydroxyl groups excluding tert-OH is 1. The van der Waals surface area contributed by atoms with E-state index in [-0.39, 0.29) is 22.9 Å². The van der Waals surface area contributed by atoms with Crippen molar-refractivity contribution in [3.63, 3.8) is 0 Å². The molecule has 0 fully saturated rings. The Balaban J connectivity index is 1.53. The average Bonchev–Trinajstić information content (AvgIpc) is 3.24. The van der Waals surface area contributed by atoms with Gasteiger partial charge in [0.1, 0.15) is 6.42 Å². The Morgan fingerprint density at radius 1 is 1.11 bits per heavy atom. The summed E-state index contributed by atoms with van der Waals surface area (Å²) in [5.74, 6) is -2.21. The number of pyridine rings is 1. The SMILES string of the molecule is CCc1cc2c(cc1CC)CC(NCC(O)c1ccc(OC(=O)CC(=O)O)c3[nH]c(=O)c(C)cc13)C2. The quantitative estimate of drug-likeness (QED) is 0.205. The van der Waals surface area contributed by atoms with E-state index in [0.717, 1.165) is 25.7 Å². The van der Waals surface area contributed by atoms with Crippen molar-refractivity contribution in [1.29, 1.82) is 0 Å². The maximum absolute atomic E-state index is 12.3. The van der Waals surface area contributed by atoms with Crippen LogP contribution in [0, 0.1) is 6.92 Å². The van der Waals surface area contributed by atoms with Crippen LogP contribution < -0.4 is 15.6 Å². The standard InChI is InChI=1S/C28H32N2O6/c1-4-16-9-18-11-20(12-19(18)10-17(16)5-2)29-14-23(31)21-6-7-24(36-26(34)13-25(32)33)27-22(21)8-15(3)28(35)30-27/h6-10,20,23,29,31H,4-5,11-14H2,1-3H3,(H,30,35)(H,32,33). The number of carbonyl (C=O) groups is 2. The van der Waals surface area contributed by atoms with Crippen molar-refractivity contribution in [1.82, 2.24) is 10.3 Å². The lowest BCUT2D eigenvalue weighted by atomic mass is 9.97. The molecule has 36 heavy (non-hydrogen) atoms. The van der Waals surface area contributed by atoms with Crippen molar-refractivity contribution >= 4 is 22.8 Å². The number of aliphatic hydroxyl groups is 1. The molecule has 190 valence electrons. The molecule has 0 saturated heterocycles. The fraction of sp³-hybridized carbons (Fsp3) is 0.393. The first-order chi connectivity index (χ1) is 17.2. The third kappa shape index (κ3) is 5.34. The molecule has 4 rings (SSSR count). The molecule has 0 radical (unpaired) electrons. The Labute approximate surface area is 209 Å². The summed E-state index contributed by atoms with van der Waals surface area (Å²) in [4.78, 5) is 37.7. The Morgan fingerprint density at radius 2 is 1.75 bits per heavy atom. The van der Waals surface area contributed by atoms with Gasteiger partial charge in [-0.1, -0.05) is 32.0 Å². The number of carboxylic acids is 1. The molecule has 4 N–H and O–H groups in total. The molecule has 1 unspecified atom stereocenters. The van der Waals surface area contributed by atoms with Crippen molar-refractivity contribution in [3.8, 4) is 5.75 Å². The molecule has 3 aromatic rings. The van der Waals surface area contributed by atoms with Gasteiger partial charge in [-0.3, -0.25) is 14.4 Å². The van der Waals surface area contributed by atoms with Crippen LogP contribution in [-0.4, -0.2) is 39.7 Å². The fourth-order valence-corrected chi connectivity index (χ4v) is 5.02. The van der Waals surface area contributed by atoms with E-state index in [9.17, 15) is 19.5 Å². The van der Waals surface area contributed by atoms with E-state index in [4.69, 9.17) is 9.84 Å². The minimum absolute atomic E-state index is 0.0435. The van der Waals surface area contributed by atoms with E-state index < -0.39 is 24.5 Å². The number of aryl methyl sites for hydroxylation is 3. The zero-order valence-corrected chi connectivity index (χ0v) is 20.8. The van der Waals surface area contributed by atoms with Crippen LogP contribution in [0.5, 0.6) is 5.75 Å². The lowest BCUT2D eigenvalue weighted by Gasteiger charge is -2.19. The highest BCUT2D eigenvalue weighted by Crippen LogP contribution is 2.31. The van der Waals surface area contributed by atoms with Crippen LogP contribution in [-0.2, 0) is 35.3 Å². The summed E-state index contributed by atoms with van der Waals surface area (Å²) < 4.78 is 5.20. The summed E-state index contributed by atoms with van der Waals surface area (Å²) in [7, 11) is 0. The van der Waals surface area contributed by atoms with Crippen LogP contribution in [0.15, 0.2) is 35.1 Å². The zero-order chi connectivity index (χ0) is 26.0. The highest BCUT2D eigenvalue weighted by atomic mass is 16.5. The lowest BCUT2D eigenvalue weighted by molar-refractivity contribution is -0.145.